The quantitative estimate of drug-likeness (QED) is 0.639. The minimum absolute atomic E-state index is 0.195. The first-order valence-corrected chi connectivity index (χ1v) is 5.99. The van der Waals surface area contributed by atoms with Crippen LogP contribution in [0, 0.1) is 19.7 Å². The van der Waals surface area contributed by atoms with Crippen molar-refractivity contribution in [2.45, 2.75) is 13.8 Å². The number of aromatic amines is 1. The molecule has 3 rings (SSSR count). The van der Waals surface area contributed by atoms with Crippen LogP contribution in [-0.4, -0.2) is 4.98 Å². The van der Waals surface area contributed by atoms with Crippen molar-refractivity contribution in [1.82, 2.24) is 4.98 Å². The van der Waals surface area contributed by atoms with Crippen LogP contribution in [0.25, 0.3) is 22.2 Å². The molecular formula is C16H14FN. The highest BCUT2D eigenvalue weighted by atomic mass is 19.1. The molecule has 0 saturated heterocycles. The van der Waals surface area contributed by atoms with Gasteiger partial charge in [-0.25, -0.2) is 4.39 Å². The van der Waals surface area contributed by atoms with E-state index in [0.29, 0.717) is 0 Å². The van der Waals surface area contributed by atoms with Gasteiger partial charge < -0.3 is 4.98 Å². The Bertz CT molecular complexity index is 705. The third-order valence-corrected chi connectivity index (χ3v) is 3.13. The normalized spacial score (nSPS) is 11.1. The smallest absolute Gasteiger partial charge is 0.124 e. The number of H-pyrrole nitrogens is 1. The summed E-state index contributed by atoms with van der Waals surface area (Å²) in [4.78, 5) is 3.33. The maximum absolute atomic E-state index is 13.4. The monoisotopic (exact) mass is 239 g/mol. The Labute approximate surface area is 105 Å². The van der Waals surface area contributed by atoms with Gasteiger partial charge in [0.15, 0.2) is 0 Å². The molecule has 0 amide bonds. The van der Waals surface area contributed by atoms with Crippen molar-refractivity contribution in [3.8, 4) is 11.3 Å². The summed E-state index contributed by atoms with van der Waals surface area (Å²) >= 11 is 0. The summed E-state index contributed by atoms with van der Waals surface area (Å²) in [6.07, 6.45) is 0. The molecule has 0 radical (unpaired) electrons. The van der Waals surface area contributed by atoms with E-state index < -0.39 is 0 Å². The van der Waals surface area contributed by atoms with E-state index in [1.165, 1.54) is 11.6 Å². The molecule has 0 bridgehead atoms. The fourth-order valence-electron chi connectivity index (χ4n) is 2.30. The molecule has 3 aromatic rings. The zero-order valence-corrected chi connectivity index (χ0v) is 10.4. The van der Waals surface area contributed by atoms with Crippen molar-refractivity contribution >= 4 is 10.9 Å². The lowest BCUT2D eigenvalue weighted by Crippen LogP contribution is -1.83. The molecule has 0 aliphatic carbocycles. The van der Waals surface area contributed by atoms with Crippen molar-refractivity contribution < 1.29 is 4.39 Å². The van der Waals surface area contributed by atoms with Crippen LogP contribution < -0.4 is 0 Å². The fraction of sp³-hybridized carbons (Fsp3) is 0.125. The van der Waals surface area contributed by atoms with Gasteiger partial charge in [-0.05, 0) is 55.8 Å². The number of aryl methyl sites for hydroxylation is 2. The molecule has 0 aliphatic rings. The molecule has 1 heterocycles. The maximum atomic E-state index is 13.4. The van der Waals surface area contributed by atoms with Crippen LogP contribution in [0.4, 0.5) is 4.39 Å². The van der Waals surface area contributed by atoms with Crippen LogP contribution in [-0.2, 0) is 0 Å². The molecule has 2 aromatic carbocycles. The van der Waals surface area contributed by atoms with Gasteiger partial charge in [0.2, 0.25) is 0 Å². The van der Waals surface area contributed by atoms with Gasteiger partial charge in [0, 0.05) is 22.2 Å². The van der Waals surface area contributed by atoms with Crippen molar-refractivity contribution in [2.24, 2.45) is 0 Å². The molecule has 0 spiro atoms. The summed E-state index contributed by atoms with van der Waals surface area (Å²) in [6.45, 7) is 3.97. The van der Waals surface area contributed by atoms with Gasteiger partial charge in [-0.1, -0.05) is 11.6 Å². The summed E-state index contributed by atoms with van der Waals surface area (Å²) in [5.74, 6) is -0.195. The van der Waals surface area contributed by atoms with Gasteiger partial charge in [0.1, 0.15) is 5.82 Å². The van der Waals surface area contributed by atoms with Gasteiger partial charge in [0.25, 0.3) is 0 Å². The fourth-order valence-corrected chi connectivity index (χ4v) is 2.30. The number of halogens is 1. The van der Waals surface area contributed by atoms with E-state index in [9.17, 15) is 4.39 Å². The summed E-state index contributed by atoms with van der Waals surface area (Å²) in [7, 11) is 0. The summed E-state index contributed by atoms with van der Waals surface area (Å²) in [5, 5.41) is 1.16. The Kier molecular flexibility index (Phi) is 2.44. The molecule has 2 heteroatoms. The number of nitrogens with one attached hydrogen (secondary N) is 1. The molecule has 0 aliphatic heterocycles. The molecule has 18 heavy (non-hydrogen) atoms. The molecule has 1 nitrogen and oxygen atoms in total. The van der Waals surface area contributed by atoms with Crippen LogP contribution in [0.1, 0.15) is 11.1 Å². The second-order valence-corrected chi connectivity index (χ2v) is 4.79. The third kappa shape index (κ3) is 1.90. The van der Waals surface area contributed by atoms with Crippen LogP contribution >= 0.6 is 0 Å². The lowest BCUT2D eigenvalue weighted by Gasteiger charge is -2.00. The minimum atomic E-state index is -0.195. The van der Waals surface area contributed by atoms with Crippen molar-refractivity contribution in [1.29, 1.82) is 0 Å². The average molecular weight is 239 g/mol. The van der Waals surface area contributed by atoms with Crippen molar-refractivity contribution in [2.75, 3.05) is 0 Å². The highest BCUT2D eigenvalue weighted by molar-refractivity contribution is 5.86. The minimum Gasteiger partial charge on any atom is -0.355 e. The molecule has 1 N–H and O–H groups in total. The number of hydrogen-bond donors (Lipinski definition) is 1. The molecule has 0 atom stereocenters. The topological polar surface area (TPSA) is 15.8 Å². The first-order chi connectivity index (χ1) is 8.61. The highest BCUT2D eigenvalue weighted by Crippen LogP contribution is 2.26. The summed E-state index contributed by atoms with van der Waals surface area (Å²) < 4.78 is 13.4. The second kappa shape index (κ2) is 3.98. The van der Waals surface area contributed by atoms with Crippen LogP contribution in [0.5, 0.6) is 0 Å². The van der Waals surface area contributed by atoms with Gasteiger partial charge in [0.05, 0.1) is 0 Å². The van der Waals surface area contributed by atoms with Gasteiger partial charge in [-0.2, -0.15) is 0 Å². The van der Waals surface area contributed by atoms with Crippen LogP contribution in [0.3, 0.4) is 0 Å². The predicted octanol–water partition coefficient (Wildman–Crippen LogP) is 4.59. The van der Waals surface area contributed by atoms with E-state index in [0.717, 1.165) is 27.7 Å². The SMILES string of the molecule is Cc1cc(F)cc(-c2cc3cc(C)ccc3[nH]2)c1. The van der Waals surface area contributed by atoms with E-state index in [-0.39, 0.29) is 5.82 Å². The van der Waals surface area contributed by atoms with Crippen LogP contribution in [0.15, 0.2) is 42.5 Å². The molecular weight excluding hydrogens is 225 g/mol. The highest BCUT2D eigenvalue weighted by Gasteiger charge is 2.05. The zero-order valence-electron chi connectivity index (χ0n) is 10.4. The van der Waals surface area contributed by atoms with Crippen molar-refractivity contribution in [3.05, 3.63) is 59.4 Å². The zero-order chi connectivity index (χ0) is 12.7. The molecule has 0 saturated carbocycles. The first kappa shape index (κ1) is 11.0. The standard InChI is InChI=1S/C16H14FN/c1-10-3-4-15-13(5-10)9-16(18-15)12-6-11(2)7-14(17)8-12/h3-9,18H,1-2H3. The average Bonchev–Trinajstić information content (AvgIpc) is 2.70. The number of fused-ring (bicyclic) bond motifs is 1. The first-order valence-electron chi connectivity index (χ1n) is 5.99. The Morgan fingerprint density at radius 2 is 1.72 bits per heavy atom. The van der Waals surface area contributed by atoms with Gasteiger partial charge >= 0.3 is 0 Å². The van der Waals surface area contributed by atoms with E-state index in [1.807, 2.05) is 13.0 Å². The predicted molar refractivity (Wildman–Crippen MR) is 73.2 cm³/mol. The Morgan fingerprint density at radius 1 is 0.889 bits per heavy atom. The Balaban J connectivity index is 2.19. The van der Waals surface area contributed by atoms with E-state index in [2.05, 4.69) is 36.2 Å². The number of benzene rings is 2. The third-order valence-electron chi connectivity index (χ3n) is 3.13. The number of hydrogen-bond acceptors (Lipinski definition) is 0. The van der Waals surface area contributed by atoms with E-state index >= 15 is 0 Å². The molecule has 90 valence electrons. The van der Waals surface area contributed by atoms with Crippen LogP contribution in [0.2, 0.25) is 0 Å². The maximum Gasteiger partial charge on any atom is 0.124 e. The largest absolute Gasteiger partial charge is 0.355 e. The summed E-state index contributed by atoms with van der Waals surface area (Å²) in [5.41, 5.74) is 5.08. The lowest BCUT2D eigenvalue weighted by atomic mass is 10.1. The summed E-state index contributed by atoms with van der Waals surface area (Å²) in [6, 6.07) is 13.4. The molecule has 1 aromatic heterocycles. The van der Waals surface area contributed by atoms with Crippen molar-refractivity contribution in [3.63, 3.8) is 0 Å². The second-order valence-electron chi connectivity index (χ2n) is 4.79. The van der Waals surface area contributed by atoms with Gasteiger partial charge in [-0.3, -0.25) is 0 Å². The van der Waals surface area contributed by atoms with E-state index in [1.54, 1.807) is 6.07 Å². The number of aromatic nitrogens is 1. The molecule has 0 unspecified atom stereocenters. The lowest BCUT2D eigenvalue weighted by molar-refractivity contribution is 0.627. The Morgan fingerprint density at radius 3 is 2.50 bits per heavy atom. The Hall–Kier alpha value is -2.09. The van der Waals surface area contributed by atoms with Gasteiger partial charge in [-0.15, -0.1) is 0 Å². The molecule has 0 fully saturated rings. The number of rotatable bonds is 1. The van der Waals surface area contributed by atoms with E-state index in [4.69, 9.17) is 0 Å².